The van der Waals surface area contributed by atoms with E-state index in [0.29, 0.717) is 18.0 Å². The number of amides is 2. The Kier molecular flexibility index (Phi) is 6.70. The summed E-state index contributed by atoms with van der Waals surface area (Å²) < 4.78 is 5.35. The zero-order chi connectivity index (χ0) is 21.8. The number of hydrogen-bond acceptors (Lipinski definition) is 5. The van der Waals surface area contributed by atoms with Crippen LogP contribution in [0.3, 0.4) is 0 Å². The average molecular weight is 425 g/mol. The molecule has 2 saturated carbocycles. The summed E-state index contributed by atoms with van der Waals surface area (Å²) in [4.78, 5) is 25.0. The summed E-state index contributed by atoms with van der Waals surface area (Å²) in [5.41, 5.74) is 7.35. The van der Waals surface area contributed by atoms with Crippen LogP contribution in [-0.4, -0.2) is 35.1 Å². The average Bonchev–Trinajstić information content (AvgIpc) is 3.46. The summed E-state index contributed by atoms with van der Waals surface area (Å²) in [6.07, 6.45) is 5.83. The van der Waals surface area contributed by atoms with Crippen LogP contribution in [0, 0.1) is 5.92 Å². The smallest absolute Gasteiger partial charge is 0.273 e. The van der Waals surface area contributed by atoms with Gasteiger partial charge in [0.2, 0.25) is 5.91 Å². The van der Waals surface area contributed by atoms with Crippen molar-refractivity contribution in [3.63, 3.8) is 0 Å². The highest BCUT2D eigenvalue weighted by Gasteiger charge is 2.34. The minimum Gasteiger partial charge on any atom is -0.360 e. The van der Waals surface area contributed by atoms with E-state index in [1.807, 2.05) is 25.1 Å². The molecule has 2 fully saturated rings. The van der Waals surface area contributed by atoms with E-state index in [1.54, 1.807) is 6.07 Å². The highest BCUT2D eigenvalue weighted by atomic mass is 16.5. The predicted molar refractivity (Wildman–Crippen MR) is 117 cm³/mol. The summed E-state index contributed by atoms with van der Waals surface area (Å²) >= 11 is 0. The van der Waals surface area contributed by atoms with Crippen LogP contribution in [0.5, 0.6) is 0 Å². The van der Waals surface area contributed by atoms with Gasteiger partial charge in [0.05, 0.1) is 0 Å². The van der Waals surface area contributed by atoms with Crippen LogP contribution in [-0.2, 0) is 11.2 Å². The molecular weight excluding hydrogens is 392 g/mol. The molecule has 4 atom stereocenters. The fraction of sp³-hybridized carbons (Fsp3) is 0.542. The molecule has 1 aromatic heterocycles. The number of nitrogens with zero attached hydrogens (tertiary/aromatic N) is 1. The van der Waals surface area contributed by atoms with Crippen molar-refractivity contribution < 1.29 is 14.1 Å². The molecule has 2 aliphatic rings. The van der Waals surface area contributed by atoms with Crippen LogP contribution < -0.4 is 16.4 Å². The van der Waals surface area contributed by atoms with E-state index in [2.05, 4.69) is 27.9 Å². The lowest BCUT2D eigenvalue weighted by atomic mass is 9.78. The Labute approximate surface area is 183 Å². The van der Waals surface area contributed by atoms with Gasteiger partial charge < -0.3 is 20.9 Å². The summed E-state index contributed by atoms with van der Waals surface area (Å²) in [6.45, 7) is 1.84. The number of carbonyl (C=O) groups excluding carboxylic acids is 2. The number of hydrogen-bond donors (Lipinski definition) is 3. The minimum absolute atomic E-state index is 0.00357. The second-order valence-corrected chi connectivity index (χ2v) is 9.18. The predicted octanol–water partition coefficient (Wildman–Crippen LogP) is 2.92. The Bertz CT molecular complexity index is 891. The second kappa shape index (κ2) is 9.64. The Balaban J connectivity index is 1.41. The van der Waals surface area contributed by atoms with Crippen LogP contribution >= 0.6 is 0 Å². The van der Waals surface area contributed by atoms with Crippen molar-refractivity contribution in [2.24, 2.45) is 11.7 Å². The highest BCUT2D eigenvalue weighted by molar-refractivity contribution is 5.92. The molecule has 2 amide bonds. The first-order valence-corrected chi connectivity index (χ1v) is 11.3. The molecule has 31 heavy (non-hydrogen) atoms. The van der Waals surface area contributed by atoms with E-state index in [1.165, 1.54) is 5.56 Å². The molecule has 2 aliphatic carbocycles. The van der Waals surface area contributed by atoms with Gasteiger partial charge in [0.1, 0.15) is 5.76 Å². The zero-order valence-electron chi connectivity index (χ0n) is 18.0. The first-order valence-electron chi connectivity index (χ1n) is 11.3. The maximum absolute atomic E-state index is 12.8. The number of nitrogens with two attached hydrogens (primary N) is 1. The van der Waals surface area contributed by atoms with Crippen molar-refractivity contribution in [3.05, 3.63) is 53.4 Å². The monoisotopic (exact) mass is 424 g/mol. The molecule has 0 radical (unpaired) electrons. The van der Waals surface area contributed by atoms with E-state index < -0.39 is 0 Å². The number of carbonyl (C=O) groups is 2. The number of benzene rings is 1. The summed E-state index contributed by atoms with van der Waals surface area (Å²) in [6, 6.07) is 12.0. The Morgan fingerprint density at radius 1 is 1.16 bits per heavy atom. The topological polar surface area (TPSA) is 110 Å². The second-order valence-electron chi connectivity index (χ2n) is 9.18. The molecule has 0 aliphatic heterocycles. The lowest BCUT2D eigenvalue weighted by Gasteiger charge is -2.37. The van der Waals surface area contributed by atoms with Gasteiger partial charge in [0.25, 0.3) is 5.91 Å². The fourth-order valence-electron chi connectivity index (χ4n) is 4.51. The molecule has 0 spiro atoms. The van der Waals surface area contributed by atoms with Gasteiger partial charge in [0.15, 0.2) is 5.69 Å². The molecule has 4 N–H and O–H groups in total. The molecular formula is C24H32N4O3. The van der Waals surface area contributed by atoms with Gasteiger partial charge in [-0.05, 0) is 56.9 Å². The van der Waals surface area contributed by atoms with Gasteiger partial charge in [-0.3, -0.25) is 9.59 Å². The fourth-order valence-corrected chi connectivity index (χ4v) is 4.51. The zero-order valence-corrected chi connectivity index (χ0v) is 18.0. The lowest BCUT2D eigenvalue weighted by molar-refractivity contribution is -0.122. The van der Waals surface area contributed by atoms with E-state index in [-0.39, 0.29) is 35.9 Å². The normalized spacial score (nSPS) is 24.4. The van der Waals surface area contributed by atoms with Crippen LogP contribution in [0.2, 0.25) is 0 Å². The van der Waals surface area contributed by atoms with Crippen LogP contribution in [0.15, 0.2) is 40.9 Å². The largest absolute Gasteiger partial charge is 0.360 e. The standard InChI is InChI=1S/C24H32N4O3/c1-15(25)11-23(29)26-19-9-10-20(18(13-19)12-16-5-3-2-4-6-16)27-24(30)21-14-22(31-28-21)17-7-8-17/h2-6,14-15,17-20H,7-13,25H2,1H3,(H,26,29)(H,27,30)/t15-,18-,19+,20+/m1/s1. The number of aromatic nitrogens is 1. The number of nitrogens with one attached hydrogen (secondary N) is 2. The van der Waals surface area contributed by atoms with Crippen molar-refractivity contribution in [1.29, 1.82) is 0 Å². The van der Waals surface area contributed by atoms with E-state index in [0.717, 1.165) is 44.3 Å². The quantitative estimate of drug-likeness (QED) is 0.603. The first-order chi connectivity index (χ1) is 15.0. The van der Waals surface area contributed by atoms with Crippen LogP contribution in [0.1, 0.15) is 73.2 Å². The van der Waals surface area contributed by atoms with Crippen LogP contribution in [0.4, 0.5) is 0 Å². The summed E-state index contributed by atoms with van der Waals surface area (Å²) in [5.74, 6) is 1.27. The summed E-state index contributed by atoms with van der Waals surface area (Å²) in [7, 11) is 0. The molecule has 0 saturated heterocycles. The highest BCUT2D eigenvalue weighted by Crippen LogP contribution is 2.40. The molecule has 7 nitrogen and oxygen atoms in total. The lowest BCUT2D eigenvalue weighted by Crippen LogP contribution is -2.49. The van der Waals surface area contributed by atoms with Crippen molar-refractivity contribution in [2.75, 3.05) is 0 Å². The first kappa shape index (κ1) is 21.6. The minimum atomic E-state index is -0.182. The molecule has 166 valence electrons. The van der Waals surface area contributed by atoms with E-state index in [4.69, 9.17) is 10.3 Å². The van der Waals surface area contributed by atoms with E-state index in [9.17, 15) is 9.59 Å². The third-order valence-electron chi connectivity index (χ3n) is 6.25. The molecule has 4 rings (SSSR count). The number of rotatable bonds is 8. The molecule has 0 unspecified atom stereocenters. The Morgan fingerprint density at radius 2 is 1.94 bits per heavy atom. The summed E-state index contributed by atoms with van der Waals surface area (Å²) in [5, 5.41) is 10.3. The van der Waals surface area contributed by atoms with Gasteiger partial charge >= 0.3 is 0 Å². The van der Waals surface area contributed by atoms with E-state index >= 15 is 0 Å². The van der Waals surface area contributed by atoms with Crippen molar-refractivity contribution in [1.82, 2.24) is 15.8 Å². The van der Waals surface area contributed by atoms with Crippen molar-refractivity contribution >= 4 is 11.8 Å². The maximum Gasteiger partial charge on any atom is 0.273 e. The van der Waals surface area contributed by atoms with Crippen molar-refractivity contribution in [2.45, 2.75) is 75.9 Å². The Hall–Kier alpha value is -2.67. The van der Waals surface area contributed by atoms with Gasteiger partial charge in [-0.25, -0.2) is 0 Å². The van der Waals surface area contributed by atoms with Gasteiger partial charge in [-0.2, -0.15) is 0 Å². The molecule has 7 heteroatoms. The third-order valence-corrected chi connectivity index (χ3v) is 6.25. The maximum atomic E-state index is 12.8. The molecule has 1 heterocycles. The van der Waals surface area contributed by atoms with Crippen LogP contribution in [0.25, 0.3) is 0 Å². The molecule has 2 aromatic rings. The molecule has 1 aromatic carbocycles. The Morgan fingerprint density at radius 3 is 2.65 bits per heavy atom. The van der Waals surface area contributed by atoms with Gasteiger partial charge in [-0.1, -0.05) is 35.5 Å². The third kappa shape index (κ3) is 5.94. The van der Waals surface area contributed by atoms with Gasteiger partial charge in [0, 0.05) is 36.5 Å². The molecule has 0 bridgehead atoms. The van der Waals surface area contributed by atoms with Crippen molar-refractivity contribution in [3.8, 4) is 0 Å². The van der Waals surface area contributed by atoms with Gasteiger partial charge in [-0.15, -0.1) is 0 Å². The SMILES string of the molecule is C[C@@H](N)CC(=O)N[C@H]1CC[C@H](NC(=O)c2cc(C3CC3)on2)[C@H](Cc2ccccc2)C1.